The van der Waals surface area contributed by atoms with Crippen molar-refractivity contribution in [3.63, 3.8) is 0 Å². The number of nitrogens with one attached hydrogen (secondary N) is 1. The summed E-state index contributed by atoms with van der Waals surface area (Å²) in [6.45, 7) is 6.14. The molecule has 2 atom stereocenters. The second-order valence-electron chi connectivity index (χ2n) is 6.00. The van der Waals surface area contributed by atoms with Gasteiger partial charge in [-0.1, -0.05) is 13.8 Å². The van der Waals surface area contributed by atoms with Gasteiger partial charge in [0.15, 0.2) is 0 Å². The number of hydrogen-bond donors (Lipinski definition) is 1. The topological polar surface area (TPSA) is 41.6 Å². The minimum Gasteiger partial charge on any atom is -0.380 e. The molecule has 1 aliphatic heterocycles. The molecule has 2 aliphatic rings. The van der Waals surface area contributed by atoms with Crippen LogP contribution in [0.2, 0.25) is 0 Å². The van der Waals surface area contributed by atoms with Gasteiger partial charge in [0, 0.05) is 26.2 Å². The largest absolute Gasteiger partial charge is 0.380 e. The summed E-state index contributed by atoms with van der Waals surface area (Å²) < 4.78 is 5.31. The quantitative estimate of drug-likeness (QED) is 0.779. The molecule has 0 spiro atoms. The summed E-state index contributed by atoms with van der Waals surface area (Å²) in [7, 11) is 1.72. The van der Waals surface area contributed by atoms with E-state index in [0.717, 1.165) is 25.9 Å². The first-order chi connectivity index (χ1) is 8.61. The number of hydrogen-bond acceptors (Lipinski definition) is 3. The van der Waals surface area contributed by atoms with Crippen molar-refractivity contribution in [2.75, 3.05) is 20.2 Å². The summed E-state index contributed by atoms with van der Waals surface area (Å²) in [5, 5.41) is 3.29. The molecule has 0 aromatic heterocycles. The van der Waals surface area contributed by atoms with Crippen molar-refractivity contribution in [1.29, 1.82) is 0 Å². The van der Waals surface area contributed by atoms with Crippen LogP contribution in [0, 0.1) is 5.92 Å². The van der Waals surface area contributed by atoms with E-state index in [1.807, 2.05) is 0 Å². The number of amides is 1. The van der Waals surface area contributed by atoms with E-state index in [4.69, 9.17) is 4.74 Å². The third-order valence-electron chi connectivity index (χ3n) is 3.94. The van der Waals surface area contributed by atoms with Gasteiger partial charge in [0.25, 0.3) is 0 Å². The van der Waals surface area contributed by atoms with Crippen molar-refractivity contribution in [3.8, 4) is 0 Å². The highest BCUT2D eigenvalue weighted by atomic mass is 16.5. The fourth-order valence-corrected chi connectivity index (χ4v) is 2.53. The minimum absolute atomic E-state index is 0.0253. The second kappa shape index (κ2) is 6.02. The van der Waals surface area contributed by atoms with E-state index in [0.29, 0.717) is 12.0 Å². The molecule has 1 saturated heterocycles. The molecular formula is C14H26N2O2. The van der Waals surface area contributed by atoms with Gasteiger partial charge in [0.05, 0.1) is 12.1 Å². The maximum Gasteiger partial charge on any atom is 0.240 e. The summed E-state index contributed by atoms with van der Waals surface area (Å²) >= 11 is 0. The molecule has 1 heterocycles. The molecule has 1 N–H and O–H groups in total. The molecule has 104 valence electrons. The summed E-state index contributed by atoms with van der Waals surface area (Å²) in [5.74, 6) is 0.944. The molecule has 1 amide bonds. The first-order valence-corrected chi connectivity index (χ1v) is 7.18. The highest BCUT2D eigenvalue weighted by Gasteiger charge is 2.38. The number of methoxy groups -OCH3 is 1. The van der Waals surface area contributed by atoms with Crippen molar-refractivity contribution in [2.24, 2.45) is 5.92 Å². The Labute approximate surface area is 110 Å². The van der Waals surface area contributed by atoms with Crippen LogP contribution >= 0.6 is 0 Å². The van der Waals surface area contributed by atoms with E-state index in [1.54, 1.807) is 7.11 Å². The fraction of sp³-hybridized carbons (Fsp3) is 0.929. The van der Waals surface area contributed by atoms with Crippen molar-refractivity contribution >= 4 is 5.91 Å². The van der Waals surface area contributed by atoms with Crippen LogP contribution in [-0.4, -0.2) is 49.2 Å². The molecule has 2 fully saturated rings. The van der Waals surface area contributed by atoms with Crippen LogP contribution in [-0.2, 0) is 9.53 Å². The zero-order valence-corrected chi connectivity index (χ0v) is 11.8. The molecule has 2 unspecified atom stereocenters. The van der Waals surface area contributed by atoms with Crippen LogP contribution < -0.4 is 5.32 Å². The highest BCUT2D eigenvalue weighted by molar-refractivity contribution is 5.83. The lowest BCUT2D eigenvalue weighted by molar-refractivity contribution is -0.134. The van der Waals surface area contributed by atoms with Gasteiger partial charge in [-0.25, -0.2) is 0 Å². The number of carbonyl (C=O) groups is 1. The average molecular weight is 254 g/mol. The van der Waals surface area contributed by atoms with Crippen molar-refractivity contribution in [1.82, 2.24) is 10.2 Å². The Hall–Kier alpha value is -0.610. The van der Waals surface area contributed by atoms with Gasteiger partial charge in [0.2, 0.25) is 5.91 Å². The third kappa shape index (κ3) is 3.45. The highest BCUT2D eigenvalue weighted by Crippen LogP contribution is 2.29. The lowest BCUT2D eigenvalue weighted by Crippen LogP contribution is -2.45. The van der Waals surface area contributed by atoms with Gasteiger partial charge in [-0.3, -0.25) is 4.79 Å². The smallest absolute Gasteiger partial charge is 0.240 e. The van der Waals surface area contributed by atoms with E-state index < -0.39 is 0 Å². The molecule has 4 nitrogen and oxygen atoms in total. The standard InChI is InChI=1S/C14H26N2O2/c1-10(2)6-7-16(11-4-5-11)14(17)13-8-12(18-3)9-15-13/h10-13,15H,4-9H2,1-3H3. The lowest BCUT2D eigenvalue weighted by atomic mass is 10.1. The summed E-state index contributed by atoms with van der Waals surface area (Å²) in [6.07, 6.45) is 4.49. The Balaban J connectivity index is 1.87. The van der Waals surface area contributed by atoms with Gasteiger partial charge in [-0.15, -0.1) is 0 Å². The number of rotatable bonds is 6. The number of ether oxygens (including phenoxy) is 1. The molecule has 0 radical (unpaired) electrons. The van der Waals surface area contributed by atoms with E-state index in [2.05, 4.69) is 24.1 Å². The molecule has 1 saturated carbocycles. The Morgan fingerprint density at radius 2 is 2.17 bits per heavy atom. The predicted octanol–water partition coefficient (Wildman–Crippen LogP) is 1.40. The summed E-state index contributed by atoms with van der Waals surface area (Å²) in [4.78, 5) is 14.6. The molecule has 0 aromatic carbocycles. The van der Waals surface area contributed by atoms with Crippen LogP contribution in [0.4, 0.5) is 0 Å². The zero-order valence-electron chi connectivity index (χ0n) is 11.8. The zero-order chi connectivity index (χ0) is 13.1. The van der Waals surface area contributed by atoms with Gasteiger partial charge < -0.3 is 15.0 Å². The van der Waals surface area contributed by atoms with Crippen molar-refractivity contribution in [2.45, 2.75) is 57.7 Å². The van der Waals surface area contributed by atoms with Gasteiger partial charge in [-0.05, 0) is 31.6 Å². The Kier molecular flexibility index (Phi) is 4.62. The van der Waals surface area contributed by atoms with Crippen LogP contribution in [0.3, 0.4) is 0 Å². The van der Waals surface area contributed by atoms with Gasteiger partial charge >= 0.3 is 0 Å². The van der Waals surface area contributed by atoms with Crippen LogP contribution in [0.5, 0.6) is 0 Å². The molecule has 0 aromatic rings. The second-order valence-corrected chi connectivity index (χ2v) is 6.00. The van der Waals surface area contributed by atoms with Crippen molar-refractivity contribution in [3.05, 3.63) is 0 Å². The van der Waals surface area contributed by atoms with E-state index >= 15 is 0 Å². The third-order valence-corrected chi connectivity index (χ3v) is 3.94. The Morgan fingerprint density at radius 3 is 2.67 bits per heavy atom. The van der Waals surface area contributed by atoms with Crippen LogP contribution in [0.1, 0.15) is 39.5 Å². The Morgan fingerprint density at radius 1 is 1.44 bits per heavy atom. The van der Waals surface area contributed by atoms with Crippen LogP contribution in [0.15, 0.2) is 0 Å². The lowest BCUT2D eigenvalue weighted by Gasteiger charge is -2.26. The monoisotopic (exact) mass is 254 g/mol. The van der Waals surface area contributed by atoms with E-state index in [9.17, 15) is 4.79 Å². The van der Waals surface area contributed by atoms with E-state index in [-0.39, 0.29) is 18.1 Å². The predicted molar refractivity (Wildman–Crippen MR) is 71.4 cm³/mol. The normalized spacial score (nSPS) is 27.8. The Bertz CT molecular complexity index is 290. The molecule has 1 aliphatic carbocycles. The molecule has 0 bridgehead atoms. The molecule has 2 rings (SSSR count). The summed E-state index contributed by atoms with van der Waals surface area (Å²) in [6, 6.07) is 0.488. The summed E-state index contributed by atoms with van der Waals surface area (Å²) in [5.41, 5.74) is 0. The number of nitrogens with zero attached hydrogens (tertiary/aromatic N) is 1. The first-order valence-electron chi connectivity index (χ1n) is 7.18. The van der Waals surface area contributed by atoms with Crippen LogP contribution in [0.25, 0.3) is 0 Å². The maximum absolute atomic E-state index is 12.5. The minimum atomic E-state index is -0.0253. The van der Waals surface area contributed by atoms with E-state index in [1.165, 1.54) is 12.8 Å². The average Bonchev–Trinajstić information content (AvgIpc) is 3.06. The fourth-order valence-electron chi connectivity index (χ4n) is 2.53. The van der Waals surface area contributed by atoms with Gasteiger partial charge in [0.1, 0.15) is 0 Å². The first kappa shape index (κ1) is 13.8. The molecular weight excluding hydrogens is 228 g/mol. The SMILES string of the molecule is COC1CNC(C(=O)N(CCC(C)C)C2CC2)C1. The number of carbonyl (C=O) groups excluding carboxylic acids is 1. The molecule has 4 heteroatoms. The van der Waals surface area contributed by atoms with Gasteiger partial charge in [-0.2, -0.15) is 0 Å². The molecule has 18 heavy (non-hydrogen) atoms. The maximum atomic E-state index is 12.5. The van der Waals surface area contributed by atoms with Crippen molar-refractivity contribution < 1.29 is 9.53 Å².